The molecule has 0 aliphatic heterocycles. The molecule has 0 saturated heterocycles. The standard InChI is InChI=1S/C15H21F2N/c1-18-7-6-15(11-4-2-3-5-11)12-8-13(16)10-14(17)9-12/h8-11,15,18H,2-7H2,1H3. The van der Waals surface area contributed by atoms with Crippen molar-refractivity contribution >= 4 is 0 Å². The maximum Gasteiger partial charge on any atom is 0.126 e. The molecule has 1 fully saturated rings. The Bertz CT molecular complexity index is 366. The Kier molecular flexibility index (Phi) is 4.70. The summed E-state index contributed by atoms with van der Waals surface area (Å²) < 4.78 is 26.7. The zero-order valence-corrected chi connectivity index (χ0v) is 10.9. The van der Waals surface area contributed by atoms with Crippen molar-refractivity contribution in [1.29, 1.82) is 0 Å². The van der Waals surface area contributed by atoms with E-state index in [1.807, 2.05) is 7.05 Å². The van der Waals surface area contributed by atoms with Crippen LogP contribution < -0.4 is 5.32 Å². The highest BCUT2D eigenvalue weighted by Crippen LogP contribution is 2.39. The van der Waals surface area contributed by atoms with Crippen molar-refractivity contribution in [3.8, 4) is 0 Å². The Morgan fingerprint density at radius 1 is 1.17 bits per heavy atom. The number of nitrogens with one attached hydrogen (secondary N) is 1. The fourth-order valence-corrected chi connectivity index (χ4v) is 3.12. The Hall–Kier alpha value is -0.960. The maximum absolute atomic E-state index is 13.3. The van der Waals surface area contributed by atoms with Gasteiger partial charge < -0.3 is 5.32 Å². The average Bonchev–Trinajstić information content (AvgIpc) is 2.82. The summed E-state index contributed by atoms with van der Waals surface area (Å²) in [5.41, 5.74) is 0.828. The van der Waals surface area contributed by atoms with Crippen molar-refractivity contribution in [3.05, 3.63) is 35.4 Å². The van der Waals surface area contributed by atoms with Crippen LogP contribution in [-0.2, 0) is 0 Å². The van der Waals surface area contributed by atoms with Crippen LogP contribution >= 0.6 is 0 Å². The zero-order valence-electron chi connectivity index (χ0n) is 10.9. The van der Waals surface area contributed by atoms with Crippen LogP contribution in [0.4, 0.5) is 8.78 Å². The van der Waals surface area contributed by atoms with Gasteiger partial charge in [0, 0.05) is 6.07 Å². The second kappa shape index (κ2) is 6.28. The lowest BCUT2D eigenvalue weighted by Crippen LogP contribution is -2.17. The highest BCUT2D eigenvalue weighted by molar-refractivity contribution is 5.23. The fourth-order valence-electron chi connectivity index (χ4n) is 3.12. The van der Waals surface area contributed by atoms with E-state index in [1.54, 1.807) is 0 Å². The molecule has 1 aromatic carbocycles. The van der Waals surface area contributed by atoms with Crippen molar-refractivity contribution in [3.63, 3.8) is 0 Å². The SMILES string of the molecule is CNCCC(c1cc(F)cc(F)c1)C1CCCC1. The zero-order chi connectivity index (χ0) is 13.0. The molecular formula is C15H21F2N. The molecule has 0 spiro atoms. The summed E-state index contributed by atoms with van der Waals surface area (Å²) in [6.45, 7) is 0.888. The van der Waals surface area contributed by atoms with Crippen molar-refractivity contribution in [1.82, 2.24) is 5.32 Å². The molecular weight excluding hydrogens is 232 g/mol. The van der Waals surface area contributed by atoms with Gasteiger partial charge in [-0.3, -0.25) is 0 Å². The largest absolute Gasteiger partial charge is 0.320 e. The molecule has 1 atom stereocenters. The van der Waals surface area contributed by atoms with Gasteiger partial charge in [0.1, 0.15) is 11.6 Å². The normalized spacial score (nSPS) is 18.2. The first-order chi connectivity index (χ1) is 8.70. The molecule has 1 nitrogen and oxygen atoms in total. The third kappa shape index (κ3) is 3.29. The molecule has 18 heavy (non-hydrogen) atoms. The van der Waals surface area contributed by atoms with Crippen molar-refractivity contribution < 1.29 is 8.78 Å². The van der Waals surface area contributed by atoms with Gasteiger partial charge in [0.2, 0.25) is 0 Å². The second-order valence-corrected chi connectivity index (χ2v) is 5.25. The number of rotatable bonds is 5. The highest BCUT2D eigenvalue weighted by Gasteiger charge is 2.26. The van der Waals surface area contributed by atoms with Crippen molar-refractivity contribution in [2.45, 2.75) is 38.0 Å². The molecule has 1 unspecified atom stereocenters. The van der Waals surface area contributed by atoms with Crippen LogP contribution in [0.2, 0.25) is 0 Å². The minimum Gasteiger partial charge on any atom is -0.320 e. The van der Waals surface area contributed by atoms with Crippen molar-refractivity contribution in [2.75, 3.05) is 13.6 Å². The van der Waals surface area contributed by atoms with E-state index in [1.165, 1.54) is 37.8 Å². The van der Waals surface area contributed by atoms with Gasteiger partial charge in [0.15, 0.2) is 0 Å². The third-order valence-corrected chi connectivity index (χ3v) is 3.99. The van der Waals surface area contributed by atoms with Gasteiger partial charge in [-0.05, 0) is 62.4 Å². The van der Waals surface area contributed by atoms with Gasteiger partial charge in [0.25, 0.3) is 0 Å². The second-order valence-electron chi connectivity index (χ2n) is 5.25. The summed E-state index contributed by atoms with van der Waals surface area (Å²) in [4.78, 5) is 0. The van der Waals surface area contributed by atoms with E-state index in [-0.39, 0.29) is 5.92 Å². The molecule has 0 aromatic heterocycles. The minimum absolute atomic E-state index is 0.283. The number of halogens is 2. The molecule has 2 rings (SSSR count). The van der Waals surface area contributed by atoms with Crippen LogP contribution in [0.15, 0.2) is 18.2 Å². The summed E-state index contributed by atoms with van der Waals surface area (Å²) in [5.74, 6) is -0.0559. The molecule has 1 saturated carbocycles. The lowest BCUT2D eigenvalue weighted by molar-refractivity contribution is 0.404. The number of benzene rings is 1. The van der Waals surface area contributed by atoms with E-state index in [2.05, 4.69) is 5.32 Å². The van der Waals surface area contributed by atoms with E-state index in [0.717, 1.165) is 24.6 Å². The van der Waals surface area contributed by atoms with E-state index >= 15 is 0 Å². The van der Waals surface area contributed by atoms with Gasteiger partial charge in [0.05, 0.1) is 0 Å². The first-order valence-corrected chi connectivity index (χ1v) is 6.81. The van der Waals surface area contributed by atoms with E-state index in [0.29, 0.717) is 5.92 Å². The first kappa shape index (κ1) is 13.5. The van der Waals surface area contributed by atoms with Gasteiger partial charge in [-0.15, -0.1) is 0 Å². The highest BCUT2D eigenvalue weighted by atomic mass is 19.1. The predicted octanol–water partition coefficient (Wildman–Crippen LogP) is 3.85. The fraction of sp³-hybridized carbons (Fsp3) is 0.600. The summed E-state index contributed by atoms with van der Waals surface area (Å²) in [7, 11) is 1.91. The molecule has 0 radical (unpaired) electrons. The lowest BCUT2D eigenvalue weighted by atomic mass is 9.82. The quantitative estimate of drug-likeness (QED) is 0.840. The van der Waals surface area contributed by atoms with Gasteiger partial charge in [-0.2, -0.15) is 0 Å². The minimum atomic E-state index is -0.461. The smallest absolute Gasteiger partial charge is 0.126 e. The van der Waals surface area contributed by atoms with Crippen LogP contribution in [0.5, 0.6) is 0 Å². The molecule has 3 heteroatoms. The molecule has 1 aromatic rings. The van der Waals surface area contributed by atoms with Crippen molar-refractivity contribution in [2.24, 2.45) is 5.92 Å². The molecule has 0 amide bonds. The molecule has 1 N–H and O–H groups in total. The molecule has 1 aliphatic carbocycles. The van der Waals surface area contributed by atoms with E-state index in [9.17, 15) is 8.78 Å². The van der Waals surface area contributed by atoms with Crippen LogP contribution in [-0.4, -0.2) is 13.6 Å². The van der Waals surface area contributed by atoms with Crippen LogP contribution in [0, 0.1) is 17.6 Å². The Morgan fingerprint density at radius 3 is 2.33 bits per heavy atom. The summed E-state index contributed by atoms with van der Waals surface area (Å²) >= 11 is 0. The number of hydrogen-bond acceptors (Lipinski definition) is 1. The third-order valence-electron chi connectivity index (χ3n) is 3.99. The summed E-state index contributed by atoms with van der Waals surface area (Å²) in [6, 6.07) is 3.96. The molecule has 1 aliphatic rings. The van der Waals surface area contributed by atoms with Gasteiger partial charge in [-0.1, -0.05) is 12.8 Å². The van der Waals surface area contributed by atoms with Crippen LogP contribution in [0.1, 0.15) is 43.6 Å². The summed E-state index contributed by atoms with van der Waals surface area (Å²) in [5, 5.41) is 3.13. The topological polar surface area (TPSA) is 12.0 Å². The number of hydrogen-bond donors (Lipinski definition) is 1. The predicted molar refractivity (Wildman–Crippen MR) is 69.6 cm³/mol. The Labute approximate surface area is 108 Å². The van der Waals surface area contributed by atoms with E-state index < -0.39 is 11.6 Å². The van der Waals surface area contributed by atoms with Gasteiger partial charge in [-0.25, -0.2) is 8.78 Å². The monoisotopic (exact) mass is 253 g/mol. The Morgan fingerprint density at radius 2 is 1.78 bits per heavy atom. The van der Waals surface area contributed by atoms with Gasteiger partial charge >= 0.3 is 0 Å². The Balaban J connectivity index is 2.20. The molecule has 0 bridgehead atoms. The lowest BCUT2D eigenvalue weighted by Gasteiger charge is -2.24. The van der Waals surface area contributed by atoms with E-state index in [4.69, 9.17) is 0 Å². The summed E-state index contributed by atoms with van der Waals surface area (Å²) in [6.07, 6.45) is 5.82. The maximum atomic E-state index is 13.3. The van der Waals surface area contributed by atoms with Crippen LogP contribution in [0.3, 0.4) is 0 Å². The molecule has 100 valence electrons. The molecule has 0 heterocycles. The average molecular weight is 253 g/mol. The first-order valence-electron chi connectivity index (χ1n) is 6.81. The van der Waals surface area contributed by atoms with Crippen LogP contribution in [0.25, 0.3) is 0 Å².